The van der Waals surface area contributed by atoms with Crippen molar-refractivity contribution in [1.82, 2.24) is 9.97 Å². The monoisotopic (exact) mass is 223 g/mol. The molecule has 1 aliphatic rings. The van der Waals surface area contributed by atoms with E-state index in [4.69, 9.17) is 4.74 Å². The lowest BCUT2D eigenvalue weighted by Crippen LogP contribution is -2.41. The first-order valence-electron chi connectivity index (χ1n) is 5.47. The highest BCUT2D eigenvalue weighted by atomic mass is 16.5. The SMILES string of the molecule is Cc1nc(NC2(C)CCOC2C)cc(=O)[nH]1. The predicted molar refractivity (Wildman–Crippen MR) is 61.7 cm³/mol. The fraction of sp³-hybridized carbons (Fsp3) is 0.636. The summed E-state index contributed by atoms with van der Waals surface area (Å²) >= 11 is 0. The predicted octanol–water partition coefficient (Wildman–Crippen LogP) is 1.06. The molecule has 0 amide bonds. The van der Waals surface area contributed by atoms with Crippen LogP contribution in [0.1, 0.15) is 26.1 Å². The van der Waals surface area contributed by atoms with Gasteiger partial charge in [-0.3, -0.25) is 4.79 Å². The van der Waals surface area contributed by atoms with Crippen LogP contribution in [0, 0.1) is 6.92 Å². The average molecular weight is 223 g/mol. The van der Waals surface area contributed by atoms with Crippen molar-refractivity contribution < 1.29 is 4.74 Å². The topological polar surface area (TPSA) is 67.0 Å². The lowest BCUT2D eigenvalue weighted by molar-refractivity contribution is 0.105. The van der Waals surface area contributed by atoms with E-state index in [1.54, 1.807) is 6.92 Å². The zero-order chi connectivity index (χ0) is 11.8. The Kier molecular flexibility index (Phi) is 2.71. The van der Waals surface area contributed by atoms with E-state index in [2.05, 4.69) is 22.2 Å². The zero-order valence-electron chi connectivity index (χ0n) is 9.83. The summed E-state index contributed by atoms with van der Waals surface area (Å²) in [4.78, 5) is 18.2. The molecule has 1 aromatic rings. The van der Waals surface area contributed by atoms with E-state index in [0.717, 1.165) is 13.0 Å². The van der Waals surface area contributed by atoms with Crippen molar-refractivity contribution >= 4 is 5.82 Å². The molecule has 16 heavy (non-hydrogen) atoms. The fourth-order valence-corrected chi connectivity index (χ4v) is 1.94. The molecule has 1 saturated heterocycles. The fourth-order valence-electron chi connectivity index (χ4n) is 1.94. The molecule has 2 atom stereocenters. The van der Waals surface area contributed by atoms with Gasteiger partial charge in [-0.2, -0.15) is 0 Å². The van der Waals surface area contributed by atoms with Gasteiger partial charge in [0.05, 0.1) is 11.6 Å². The molecule has 2 rings (SSSR count). The molecular weight excluding hydrogens is 206 g/mol. The van der Waals surface area contributed by atoms with Gasteiger partial charge < -0.3 is 15.0 Å². The number of aryl methyl sites for hydroxylation is 1. The van der Waals surface area contributed by atoms with Crippen LogP contribution in [0.25, 0.3) is 0 Å². The minimum absolute atomic E-state index is 0.119. The second-order valence-corrected chi connectivity index (χ2v) is 4.52. The summed E-state index contributed by atoms with van der Waals surface area (Å²) < 4.78 is 5.52. The van der Waals surface area contributed by atoms with Crippen molar-refractivity contribution in [1.29, 1.82) is 0 Å². The van der Waals surface area contributed by atoms with Crippen molar-refractivity contribution in [3.63, 3.8) is 0 Å². The number of nitrogens with one attached hydrogen (secondary N) is 2. The summed E-state index contributed by atoms with van der Waals surface area (Å²) in [5, 5.41) is 3.29. The first kappa shape index (κ1) is 11.1. The average Bonchev–Trinajstić information content (AvgIpc) is 2.44. The highest BCUT2D eigenvalue weighted by Gasteiger charge is 2.37. The van der Waals surface area contributed by atoms with Gasteiger partial charge in [0.15, 0.2) is 0 Å². The molecule has 2 unspecified atom stereocenters. The molecule has 0 bridgehead atoms. The van der Waals surface area contributed by atoms with Crippen LogP contribution in [0.3, 0.4) is 0 Å². The van der Waals surface area contributed by atoms with Gasteiger partial charge in [0, 0.05) is 12.7 Å². The van der Waals surface area contributed by atoms with Gasteiger partial charge in [0.25, 0.3) is 5.56 Å². The molecule has 1 aliphatic heterocycles. The molecule has 88 valence electrons. The Hall–Kier alpha value is -1.36. The number of aromatic nitrogens is 2. The molecule has 5 heteroatoms. The van der Waals surface area contributed by atoms with Gasteiger partial charge in [0.2, 0.25) is 0 Å². The Morgan fingerprint density at radius 3 is 3.00 bits per heavy atom. The highest BCUT2D eigenvalue weighted by molar-refractivity contribution is 5.37. The Balaban J connectivity index is 2.23. The third-order valence-corrected chi connectivity index (χ3v) is 3.16. The van der Waals surface area contributed by atoms with E-state index < -0.39 is 0 Å². The lowest BCUT2D eigenvalue weighted by Gasteiger charge is -2.29. The molecule has 0 saturated carbocycles. The maximum Gasteiger partial charge on any atom is 0.252 e. The van der Waals surface area contributed by atoms with Gasteiger partial charge in [-0.15, -0.1) is 0 Å². The summed E-state index contributed by atoms with van der Waals surface area (Å²) in [6, 6.07) is 1.48. The zero-order valence-corrected chi connectivity index (χ0v) is 9.83. The molecule has 0 spiro atoms. The van der Waals surface area contributed by atoms with Gasteiger partial charge in [0.1, 0.15) is 11.6 Å². The molecule has 5 nitrogen and oxygen atoms in total. The van der Waals surface area contributed by atoms with Crippen LogP contribution in [0.15, 0.2) is 10.9 Å². The standard InChI is InChI=1S/C11H17N3O2/c1-7-11(3,4-5-16-7)14-9-6-10(15)13-8(2)12-9/h6-7H,4-5H2,1-3H3,(H2,12,13,14,15). The first-order chi connectivity index (χ1) is 7.49. The molecule has 2 N–H and O–H groups in total. The van der Waals surface area contributed by atoms with E-state index in [1.165, 1.54) is 6.07 Å². The number of aromatic amines is 1. The number of nitrogens with zero attached hydrogens (tertiary/aromatic N) is 1. The smallest absolute Gasteiger partial charge is 0.252 e. The Morgan fingerprint density at radius 2 is 2.44 bits per heavy atom. The molecule has 1 fully saturated rings. The van der Waals surface area contributed by atoms with Crippen molar-refractivity contribution in [3.05, 3.63) is 22.2 Å². The normalized spacial score (nSPS) is 29.3. The molecule has 0 radical (unpaired) electrons. The number of hydrogen-bond donors (Lipinski definition) is 2. The van der Waals surface area contributed by atoms with Crippen molar-refractivity contribution in [3.8, 4) is 0 Å². The summed E-state index contributed by atoms with van der Waals surface area (Å²) in [6.07, 6.45) is 1.04. The quantitative estimate of drug-likeness (QED) is 0.786. The third-order valence-electron chi connectivity index (χ3n) is 3.16. The van der Waals surface area contributed by atoms with Crippen LogP contribution >= 0.6 is 0 Å². The third kappa shape index (κ3) is 2.09. The summed E-state index contributed by atoms with van der Waals surface area (Å²) in [5.41, 5.74) is -0.280. The van der Waals surface area contributed by atoms with Crippen LogP contribution in [0.4, 0.5) is 5.82 Å². The number of hydrogen-bond acceptors (Lipinski definition) is 4. The van der Waals surface area contributed by atoms with Gasteiger partial charge >= 0.3 is 0 Å². The van der Waals surface area contributed by atoms with E-state index in [-0.39, 0.29) is 17.2 Å². The second-order valence-electron chi connectivity index (χ2n) is 4.52. The summed E-state index contributed by atoms with van der Waals surface area (Å²) in [7, 11) is 0. The van der Waals surface area contributed by atoms with Crippen molar-refractivity contribution in [2.75, 3.05) is 11.9 Å². The van der Waals surface area contributed by atoms with Crippen LogP contribution in [0.2, 0.25) is 0 Å². The molecular formula is C11H17N3O2. The Morgan fingerprint density at radius 1 is 1.69 bits per heavy atom. The first-order valence-corrected chi connectivity index (χ1v) is 5.47. The van der Waals surface area contributed by atoms with Crippen molar-refractivity contribution in [2.24, 2.45) is 0 Å². The highest BCUT2D eigenvalue weighted by Crippen LogP contribution is 2.28. The minimum Gasteiger partial charge on any atom is -0.376 e. The Bertz CT molecular complexity index is 443. The number of H-pyrrole nitrogens is 1. The minimum atomic E-state index is -0.146. The van der Waals surface area contributed by atoms with Crippen LogP contribution in [0.5, 0.6) is 0 Å². The molecule has 0 aliphatic carbocycles. The van der Waals surface area contributed by atoms with Crippen LogP contribution in [-0.4, -0.2) is 28.2 Å². The van der Waals surface area contributed by atoms with Crippen LogP contribution in [-0.2, 0) is 4.74 Å². The van der Waals surface area contributed by atoms with Gasteiger partial charge in [-0.1, -0.05) is 0 Å². The van der Waals surface area contributed by atoms with E-state index in [0.29, 0.717) is 11.6 Å². The molecule has 0 aromatic carbocycles. The van der Waals surface area contributed by atoms with Gasteiger partial charge in [-0.25, -0.2) is 4.98 Å². The maximum atomic E-state index is 11.3. The Labute approximate surface area is 94.2 Å². The van der Waals surface area contributed by atoms with Gasteiger partial charge in [-0.05, 0) is 27.2 Å². The lowest BCUT2D eigenvalue weighted by atomic mass is 9.95. The number of rotatable bonds is 2. The second kappa shape index (κ2) is 3.90. The number of ether oxygens (including phenoxy) is 1. The molecule has 1 aromatic heterocycles. The summed E-state index contributed by atoms with van der Waals surface area (Å²) in [6.45, 7) is 6.62. The number of anilines is 1. The van der Waals surface area contributed by atoms with E-state index in [9.17, 15) is 4.79 Å². The van der Waals surface area contributed by atoms with E-state index >= 15 is 0 Å². The van der Waals surface area contributed by atoms with E-state index in [1.807, 2.05) is 6.92 Å². The van der Waals surface area contributed by atoms with Crippen molar-refractivity contribution in [2.45, 2.75) is 38.8 Å². The molecule has 2 heterocycles. The van der Waals surface area contributed by atoms with Crippen LogP contribution < -0.4 is 10.9 Å². The summed E-state index contributed by atoms with van der Waals surface area (Å²) in [5.74, 6) is 1.23. The maximum absolute atomic E-state index is 11.3. The largest absolute Gasteiger partial charge is 0.376 e.